The van der Waals surface area contributed by atoms with Crippen LogP contribution in [0.5, 0.6) is 0 Å². The van der Waals surface area contributed by atoms with Crippen molar-refractivity contribution in [3.05, 3.63) is 77.1 Å². The summed E-state index contributed by atoms with van der Waals surface area (Å²) in [6.07, 6.45) is 9.09. The minimum Gasteiger partial charge on any atom is -0.308 e. The summed E-state index contributed by atoms with van der Waals surface area (Å²) in [7, 11) is 0. The lowest BCUT2D eigenvalue weighted by Crippen LogP contribution is -2.53. The number of piperidine rings is 1. The second kappa shape index (κ2) is 8.86. The van der Waals surface area contributed by atoms with Gasteiger partial charge in [0.25, 0.3) is 0 Å². The number of anilines is 1. The van der Waals surface area contributed by atoms with Crippen molar-refractivity contribution in [2.75, 3.05) is 24.6 Å². The molecular formula is C25H25FN6S. The molecule has 0 atom stereocenters. The molecule has 6 nitrogen and oxygen atoms in total. The molecular weight excluding hydrogens is 435 g/mol. The first-order chi connectivity index (χ1) is 16.0. The summed E-state index contributed by atoms with van der Waals surface area (Å²) >= 11 is 4.75. The molecule has 1 saturated heterocycles. The number of fused-ring (bicyclic) bond motifs is 1. The van der Waals surface area contributed by atoms with Gasteiger partial charge in [-0.15, -0.1) is 12.6 Å². The predicted octanol–water partition coefficient (Wildman–Crippen LogP) is 4.92. The maximum absolute atomic E-state index is 13.4. The van der Waals surface area contributed by atoms with Crippen LogP contribution in [0.3, 0.4) is 0 Å². The minimum atomic E-state index is -0.236. The Morgan fingerprint density at radius 3 is 2.64 bits per heavy atom. The van der Waals surface area contributed by atoms with Gasteiger partial charge in [-0.05, 0) is 67.3 Å². The smallest absolute Gasteiger partial charge is 0.145 e. The fourth-order valence-corrected chi connectivity index (χ4v) is 4.83. The molecule has 0 bridgehead atoms. The minimum absolute atomic E-state index is 0.236. The zero-order valence-corrected chi connectivity index (χ0v) is 19.3. The van der Waals surface area contributed by atoms with Gasteiger partial charge in [-0.1, -0.05) is 6.07 Å². The number of hydrazine groups is 1. The first-order valence-corrected chi connectivity index (χ1v) is 11.4. The number of hydrogen-bond donors (Lipinski definition) is 2. The molecule has 0 radical (unpaired) electrons. The zero-order valence-electron chi connectivity index (χ0n) is 18.4. The number of imidazole rings is 1. The molecule has 33 heavy (non-hydrogen) atoms. The van der Waals surface area contributed by atoms with Crippen LogP contribution < -0.4 is 5.01 Å². The number of aliphatic imine (C=N–C) groups is 1. The summed E-state index contributed by atoms with van der Waals surface area (Å²) in [4.78, 5) is 9.88. The van der Waals surface area contributed by atoms with Crippen LogP contribution in [0.2, 0.25) is 0 Å². The van der Waals surface area contributed by atoms with Crippen molar-refractivity contribution >= 4 is 36.4 Å². The molecule has 2 aliphatic heterocycles. The highest BCUT2D eigenvalue weighted by atomic mass is 32.1. The predicted molar refractivity (Wildman–Crippen MR) is 133 cm³/mol. The highest BCUT2D eigenvalue weighted by Crippen LogP contribution is 2.31. The molecule has 0 aliphatic carbocycles. The Balaban J connectivity index is 1.50. The summed E-state index contributed by atoms with van der Waals surface area (Å²) in [6, 6.07) is 10.7. The molecule has 1 N–H and O–H groups in total. The van der Waals surface area contributed by atoms with Gasteiger partial charge in [0.05, 0.1) is 36.5 Å². The Morgan fingerprint density at radius 2 is 1.91 bits per heavy atom. The number of thiol groups is 1. The van der Waals surface area contributed by atoms with Crippen LogP contribution >= 0.6 is 12.6 Å². The summed E-state index contributed by atoms with van der Waals surface area (Å²) in [6.45, 7) is 4.24. The second-order valence-electron chi connectivity index (χ2n) is 8.20. The van der Waals surface area contributed by atoms with Crippen LogP contribution in [-0.4, -0.2) is 46.2 Å². The quantitative estimate of drug-likeness (QED) is 0.429. The number of benzene rings is 2. The fourth-order valence-electron chi connectivity index (χ4n) is 4.45. The van der Waals surface area contributed by atoms with Crippen LogP contribution in [0.1, 0.15) is 29.7 Å². The number of nitrogens with zero attached hydrogens (tertiary/aromatic N) is 5. The number of halogens is 1. The molecule has 0 unspecified atom stereocenters. The van der Waals surface area contributed by atoms with Crippen molar-refractivity contribution in [2.45, 2.75) is 24.7 Å². The molecule has 8 heteroatoms. The summed E-state index contributed by atoms with van der Waals surface area (Å²) in [5, 5.41) is 12.4. The van der Waals surface area contributed by atoms with E-state index in [1.54, 1.807) is 6.33 Å². The Labute approximate surface area is 198 Å². The monoisotopic (exact) mass is 460 g/mol. The third kappa shape index (κ3) is 4.06. The standard InChI is InChI=1S/C25H25FN6S/c1-17-15-30(16-29-17)23-9-4-18(22(14-27)24(23)33)13-19-3-2-11-32-25(19)28-10-12-31(32)21-7-5-20(26)6-8-21/h4-9,13-16,27,33H,2-3,10-12H2,1H3/b19-13+,27-14?. The van der Waals surface area contributed by atoms with E-state index in [2.05, 4.69) is 21.1 Å². The van der Waals surface area contributed by atoms with E-state index in [0.717, 1.165) is 70.4 Å². The van der Waals surface area contributed by atoms with Crippen LogP contribution in [0, 0.1) is 18.2 Å². The molecule has 0 spiro atoms. The molecule has 2 aromatic carbocycles. The summed E-state index contributed by atoms with van der Waals surface area (Å²) < 4.78 is 15.4. The topological polar surface area (TPSA) is 60.5 Å². The fraction of sp³-hybridized carbons (Fsp3) is 0.240. The maximum Gasteiger partial charge on any atom is 0.145 e. The van der Waals surface area contributed by atoms with E-state index in [1.165, 1.54) is 18.3 Å². The van der Waals surface area contributed by atoms with E-state index in [0.29, 0.717) is 6.54 Å². The maximum atomic E-state index is 13.4. The first-order valence-electron chi connectivity index (χ1n) is 11.0. The van der Waals surface area contributed by atoms with E-state index in [9.17, 15) is 4.39 Å². The number of nitrogens with one attached hydrogen (secondary N) is 1. The van der Waals surface area contributed by atoms with Crippen LogP contribution in [0.15, 0.2) is 64.4 Å². The normalized spacial score (nSPS) is 17.2. The van der Waals surface area contributed by atoms with Crippen LogP contribution in [-0.2, 0) is 0 Å². The Morgan fingerprint density at radius 1 is 1.09 bits per heavy atom. The lowest BCUT2D eigenvalue weighted by atomic mass is 9.98. The van der Waals surface area contributed by atoms with E-state index < -0.39 is 0 Å². The highest BCUT2D eigenvalue weighted by molar-refractivity contribution is 7.80. The van der Waals surface area contributed by atoms with Gasteiger partial charge >= 0.3 is 0 Å². The van der Waals surface area contributed by atoms with Gasteiger partial charge in [-0.3, -0.25) is 15.0 Å². The van der Waals surface area contributed by atoms with E-state index in [-0.39, 0.29) is 5.82 Å². The summed E-state index contributed by atoms with van der Waals surface area (Å²) in [5.74, 6) is 0.711. The Hall–Kier alpha value is -3.39. The lowest BCUT2D eigenvalue weighted by molar-refractivity contribution is 0.348. The molecule has 5 rings (SSSR count). The van der Waals surface area contributed by atoms with Gasteiger partial charge in [0.15, 0.2) is 0 Å². The molecule has 3 aromatic rings. The number of aromatic nitrogens is 2. The first kappa shape index (κ1) is 21.5. The van der Waals surface area contributed by atoms with Crippen molar-refractivity contribution in [1.82, 2.24) is 14.6 Å². The Bertz CT molecular complexity index is 1260. The average Bonchev–Trinajstić information content (AvgIpc) is 3.26. The van der Waals surface area contributed by atoms with Gasteiger partial charge in [0.1, 0.15) is 11.7 Å². The average molecular weight is 461 g/mol. The van der Waals surface area contributed by atoms with Crippen molar-refractivity contribution in [2.24, 2.45) is 4.99 Å². The van der Waals surface area contributed by atoms with Gasteiger partial charge < -0.3 is 9.98 Å². The zero-order chi connectivity index (χ0) is 22.9. The van der Waals surface area contributed by atoms with Crippen molar-refractivity contribution in [1.29, 1.82) is 5.41 Å². The van der Waals surface area contributed by atoms with Crippen molar-refractivity contribution < 1.29 is 4.39 Å². The number of amidine groups is 1. The van der Waals surface area contributed by atoms with Crippen LogP contribution in [0.4, 0.5) is 10.1 Å². The highest BCUT2D eigenvalue weighted by Gasteiger charge is 2.29. The molecule has 168 valence electrons. The van der Waals surface area contributed by atoms with Gasteiger partial charge in [0.2, 0.25) is 0 Å². The van der Waals surface area contributed by atoms with Gasteiger partial charge in [-0.2, -0.15) is 0 Å². The number of rotatable bonds is 4. The number of aryl methyl sites for hydroxylation is 1. The van der Waals surface area contributed by atoms with E-state index >= 15 is 0 Å². The molecule has 1 fully saturated rings. The second-order valence-corrected chi connectivity index (χ2v) is 8.65. The Kier molecular flexibility index (Phi) is 5.76. The van der Waals surface area contributed by atoms with Gasteiger partial charge in [-0.25, -0.2) is 9.37 Å². The van der Waals surface area contributed by atoms with Gasteiger partial charge in [0, 0.05) is 29.4 Å². The van der Waals surface area contributed by atoms with Crippen molar-refractivity contribution in [3.8, 4) is 5.69 Å². The third-order valence-corrected chi connectivity index (χ3v) is 6.50. The summed E-state index contributed by atoms with van der Waals surface area (Å²) in [5.41, 5.74) is 5.61. The van der Waals surface area contributed by atoms with E-state index in [1.807, 2.05) is 42.0 Å². The molecule has 0 saturated carbocycles. The SMILES string of the molecule is Cc1cn(-c2ccc(/C=C3\CCCN4C3=NCCN4c3ccc(F)cc3)c(C=N)c2S)cn1. The largest absolute Gasteiger partial charge is 0.308 e. The molecule has 3 heterocycles. The molecule has 2 aliphatic rings. The molecule has 1 aromatic heterocycles. The third-order valence-electron chi connectivity index (χ3n) is 6.03. The number of hydrogen-bond acceptors (Lipinski definition) is 6. The molecule has 0 amide bonds. The van der Waals surface area contributed by atoms with Crippen LogP contribution in [0.25, 0.3) is 11.8 Å². The van der Waals surface area contributed by atoms with E-state index in [4.69, 9.17) is 23.0 Å². The lowest BCUT2D eigenvalue weighted by Gasteiger charge is -2.44. The van der Waals surface area contributed by atoms with Crippen molar-refractivity contribution in [3.63, 3.8) is 0 Å².